The van der Waals surface area contributed by atoms with E-state index in [2.05, 4.69) is 11.2 Å². The van der Waals surface area contributed by atoms with E-state index in [-0.39, 0.29) is 0 Å². The van der Waals surface area contributed by atoms with Crippen LogP contribution in [0.3, 0.4) is 0 Å². The van der Waals surface area contributed by atoms with Gasteiger partial charge < -0.3 is 0 Å². The molecule has 2 aromatic rings. The number of rotatable bonds is 1. The SMILES string of the molecule is CCn1ncc2c(C#N)cccc21. The predicted molar refractivity (Wildman–Crippen MR) is 50.1 cm³/mol. The zero-order chi connectivity index (χ0) is 9.26. The van der Waals surface area contributed by atoms with Crippen molar-refractivity contribution in [2.24, 2.45) is 0 Å². The molecule has 64 valence electrons. The van der Waals surface area contributed by atoms with Gasteiger partial charge in [0.25, 0.3) is 0 Å². The van der Waals surface area contributed by atoms with E-state index in [0.717, 1.165) is 17.4 Å². The number of nitrogens with zero attached hydrogens (tertiary/aromatic N) is 3. The first-order chi connectivity index (χ1) is 6.36. The highest BCUT2D eigenvalue weighted by atomic mass is 15.3. The van der Waals surface area contributed by atoms with Gasteiger partial charge in [0, 0.05) is 11.9 Å². The standard InChI is InChI=1S/C10H9N3/c1-2-13-10-5-3-4-8(6-11)9(10)7-12-13/h3-5,7H,2H2,1H3. The summed E-state index contributed by atoms with van der Waals surface area (Å²) < 4.78 is 1.89. The lowest BCUT2D eigenvalue weighted by Crippen LogP contribution is -1.94. The van der Waals surface area contributed by atoms with Gasteiger partial charge in [-0.15, -0.1) is 0 Å². The zero-order valence-corrected chi connectivity index (χ0v) is 7.36. The van der Waals surface area contributed by atoms with Gasteiger partial charge in [-0.05, 0) is 19.1 Å². The highest BCUT2D eigenvalue weighted by molar-refractivity contribution is 5.84. The molecule has 0 unspecified atom stereocenters. The van der Waals surface area contributed by atoms with Crippen molar-refractivity contribution in [3.05, 3.63) is 30.0 Å². The third kappa shape index (κ3) is 1.07. The van der Waals surface area contributed by atoms with Crippen molar-refractivity contribution >= 4 is 10.9 Å². The third-order valence-electron chi connectivity index (χ3n) is 2.11. The van der Waals surface area contributed by atoms with Crippen LogP contribution in [0.2, 0.25) is 0 Å². The van der Waals surface area contributed by atoms with Crippen molar-refractivity contribution in [1.82, 2.24) is 9.78 Å². The highest BCUT2D eigenvalue weighted by Gasteiger charge is 2.03. The molecule has 0 saturated heterocycles. The second kappa shape index (κ2) is 2.91. The summed E-state index contributed by atoms with van der Waals surface area (Å²) in [6.45, 7) is 2.86. The summed E-state index contributed by atoms with van der Waals surface area (Å²) in [5.41, 5.74) is 1.72. The van der Waals surface area contributed by atoms with E-state index in [9.17, 15) is 0 Å². The fraction of sp³-hybridized carbons (Fsp3) is 0.200. The minimum absolute atomic E-state index is 0.692. The molecule has 0 radical (unpaired) electrons. The zero-order valence-electron chi connectivity index (χ0n) is 7.36. The molecule has 1 aromatic carbocycles. The van der Waals surface area contributed by atoms with Crippen LogP contribution in [0.1, 0.15) is 12.5 Å². The summed E-state index contributed by atoms with van der Waals surface area (Å²) in [6, 6.07) is 7.83. The number of fused-ring (bicyclic) bond motifs is 1. The van der Waals surface area contributed by atoms with Gasteiger partial charge in [0.1, 0.15) is 0 Å². The van der Waals surface area contributed by atoms with Gasteiger partial charge in [-0.2, -0.15) is 10.4 Å². The number of hydrogen-bond donors (Lipinski definition) is 0. The molecule has 0 fully saturated rings. The molecule has 0 aliphatic heterocycles. The van der Waals surface area contributed by atoms with Crippen LogP contribution in [0.5, 0.6) is 0 Å². The first-order valence-corrected chi connectivity index (χ1v) is 4.21. The van der Waals surface area contributed by atoms with E-state index in [1.165, 1.54) is 0 Å². The van der Waals surface area contributed by atoms with Crippen molar-refractivity contribution in [2.75, 3.05) is 0 Å². The normalized spacial score (nSPS) is 10.2. The number of aromatic nitrogens is 2. The minimum Gasteiger partial charge on any atom is -0.265 e. The van der Waals surface area contributed by atoms with Crippen molar-refractivity contribution in [3.8, 4) is 6.07 Å². The molecule has 0 bridgehead atoms. The van der Waals surface area contributed by atoms with Crippen molar-refractivity contribution in [2.45, 2.75) is 13.5 Å². The Morgan fingerprint density at radius 2 is 2.38 bits per heavy atom. The maximum Gasteiger partial charge on any atom is 0.0999 e. The summed E-state index contributed by atoms with van der Waals surface area (Å²) in [6.07, 6.45) is 1.75. The average Bonchev–Trinajstić information content (AvgIpc) is 2.60. The predicted octanol–water partition coefficient (Wildman–Crippen LogP) is 1.93. The fourth-order valence-electron chi connectivity index (χ4n) is 1.45. The fourth-order valence-corrected chi connectivity index (χ4v) is 1.45. The number of benzene rings is 1. The molecule has 0 aliphatic carbocycles. The van der Waals surface area contributed by atoms with Crippen LogP contribution >= 0.6 is 0 Å². The molecule has 1 aromatic heterocycles. The van der Waals surface area contributed by atoms with Crippen LogP contribution in [0.4, 0.5) is 0 Å². The van der Waals surface area contributed by atoms with E-state index >= 15 is 0 Å². The van der Waals surface area contributed by atoms with E-state index in [0.29, 0.717) is 5.56 Å². The first-order valence-electron chi connectivity index (χ1n) is 4.21. The molecule has 0 saturated carbocycles. The molecule has 0 aliphatic rings. The Balaban J connectivity index is 2.81. The van der Waals surface area contributed by atoms with Gasteiger partial charge in [-0.25, -0.2) is 0 Å². The van der Waals surface area contributed by atoms with Crippen LogP contribution in [-0.2, 0) is 6.54 Å². The van der Waals surface area contributed by atoms with Crippen LogP contribution in [0.15, 0.2) is 24.4 Å². The van der Waals surface area contributed by atoms with Crippen molar-refractivity contribution in [1.29, 1.82) is 5.26 Å². The molecular weight excluding hydrogens is 162 g/mol. The Hall–Kier alpha value is -1.82. The number of hydrogen-bond acceptors (Lipinski definition) is 2. The summed E-state index contributed by atoms with van der Waals surface area (Å²) in [7, 11) is 0. The van der Waals surface area contributed by atoms with Crippen molar-refractivity contribution in [3.63, 3.8) is 0 Å². The van der Waals surface area contributed by atoms with Gasteiger partial charge in [0.05, 0.1) is 23.3 Å². The Morgan fingerprint density at radius 1 is 1.54 bits per heavy atom. The Kier molecular flexibility index (Phi) is 1.75. The molecule has 3 nitrogen and oxygen atoms in total. The maximum atomic E-state index is 8.83. The highest BCUT2D eigenvalue weighted by Crippen LogP contribution is 2.17. The Bertz CT molecular complexity index is 476. The van der Waals surface area contributed by atoms with E-state index in [1.807, 2.05) is 29.8 Å². The van der Waals surface area contributed by atoms with Crippen LogP contribution in [0.25, 0.3) is 10.9 Å². The molecule has 0 spiro atoms. The Labute approximate surface area is 76.2 Å². The van der Waals surface area contributed by atoms with Crippen LogP contribution in [-0.4, -0.2) is 9.78 Å². The van der Waals surface area contributed by atoms with Gasteiger partial charge in [-0.1, -0.05) is 6.07 Å². The van der Waals surface area contributed by atoms with Crippen LogP contribution < -0.4 is 0 Å². The summed E-state index contributed by atoms with van der Waals surface area (Å²) >= 11 is 0. The van der Waals surface area contributed by atoms with Gasteiger partial charge >= 0.3 is 0 Å². The summed E-state index contributed by atoms with van der Waals surface area (Å²) in [5.74, 6) is 0. The molecule has 0 amide bonds. The van der Waals surface area contributed by atoms with E-state index < -0.39 is 0 Å². The quantitative estimate of drug-likeness (QED) is 0.657. The van der Waals surface area contributed by atoms with Crippen LogP contribution in [0, 0.1) is 11.3 Å². The topological polar surface area (TPSA) is 41.6 Å². The van der Waals surface area contributed by atoms with Gasteiger partial charge in [0.15, 0.2) is 0 Å². The number of aryl methyl sites for hydroxylation is 1. The molecule has 0 N–H and O–H groups in total. The van der Waals surface area contributed by atoms with E-state index in [4.69, 9.17) is 5.26 Å². The third-order valence-corrected chi connectivity index (χ3v) is 2.11. The first kappa shape index (κ1) is 7.81. The van der Waals surface area contributed by atoms with Gasteiger partial charge in [0.2, 0.25) is 0 Å². The lowest BCUT2D eigenvalue weighted by molar-refractivity contribution is 0.684. The second-order valence-electron chi connectivity index (χ2n) is 2.81. The molecular formula is C10H9N3. The molecule has 13 heavy (non-hydrogen) atoms. The lowest BCUT2D eigenvalue weighted by atomic mass is 10.1. The van der Waals surface area contributed by atoms with Gasteiger partial charge in [-0.3, -0.25) is 4.68 Å². The Morgan fingerprint density at radius 3 is 3.08 bits per heavy atom. The minimum atomic E-state index is 0.692. The molecule has 1 heterocycles. The largest absolute Gasteiger partial charge is 0.265 e. The number of nitriles is 1. The molecule has 2 rings (SSSR count). The molecule has 3 heteroatoms. The van der Waals surface area contributed by atoms with Crippen molar-refractivity contribution < 1.29 is 0 Å². The van der Waals surface area contributed by atoms with E-state index in [1.54, 1.807) is 6.20 Å². The average molecular weight is 171 g/mol. The monoisotopic (exact) mass is 171 g/mol. The molecule has 0 atom stereocenters. The maximum absolute atomic E-state index is 8.83. The summed E-state index contributed by atoms with van der Waals surface area (Å²) in [5, 5.41) is 14.0. The summed E-state index contributed by atoms with van der Waals surface area (Å²) in [4.78, 5) is 0. The lowest BCUT2D eigenvalue weighted by Gasteiger charge is -1.97. The second-order valence-corrected chi connectivity index (χ2v) is 2.81. The smallest absolute Gasteiger partial charge is 0.0999 e.